The second kappa shape index (κ2) is 6.46. The van der Waals surface area contributed by atoms with Gasteiger partial charge < -0.3 is 10.2 Å². The summed E-state index contributed by atoms with van der Waals surface area (Å²) in [7, 11) is 0. The number of nitrogens with one attached hydrogen (secondary N) is 1. The Morgan fingerprint density at radius 2 is 2.14 bits per heavy atom. The first-order valence-corrected chi connectivity index (χ1v) is 8.30. The smallest absolute Gasteiger partial charge is 0.257 e. The van der Waals surface area contributed by atoms with E-state index < -0.39 is 0 Å². The number of amides is 1. The molecule has 2 aliphatic rings. The highest BCUT2D eigenvalue weighted by Crippen LogP contribution is 2.36. The van der Waals surface area contributed by atoms with Crippen molar-refractivity contribution in [3.63, 3.8) is 0 Å². The number of carbonyl (C=O) groups excluding carboxylic acids is 1. The third kappa shape index (κ3) is 2.89. The molecule has 1 N–H and O–H groups in total. The molecule has 1 amide bonds. The van der Waals surface area contributed by atoms with Crippen LogP contribution in [0.5, 0.6) is 0 Å². The minimum atomic E-state index is 0.161. The van der Waals surface area contributed by atoms with E-state index in [9.17, 15) is 4.79 Å². The molecule has 21 heavy (non-hydrogen) atoms. The first-order valence-electron chi connectivity index (χ1n) is 8.30. The lowest BCUT2D eigenvalue weighted by molar-refractivity contribution is 0.0689. The molecule has 1 unspecified atom stereocenters. The normalized spacial score (nSPS) is 22.7. The van der Waals surface area contributed by atoms with Gasteiger partial charge in [-0.3, -0.25) is 9.78 Å². The van der Waals surface area contributed by atoms with Gasteiger partial charge in [-0.1, -0.05) is 12.8 Å². The summed E-state index contributed by atoms with van der Waals surface area (Å²) in [5.41, 5.74) is 1.64. The SMILES string of the molecule is CCNc1ccncc1C(=O)N1CCCC1C1CCCC1. The summed E-state index contributed by atoms with van der Waals surface area (Å²) in [6.07, 6.45) is 11.0. The second-order valence-corrected chi connectivity index (χ2v) is 6.20. The van der Waals surface area contributed by atoms with Crippen molar-refractivity contribution in [2.24, 2.45) is 5.92 Å². The van der Waals surface area contributed by atoms with Crippen molar-refractivity contribution in [1.82, 2.24) is 9.88 Å². The predicted octanol–water partition coefficient (Wildman–Crippen LogP) is 3.31. The van der Waals surface area contributed by atoms with E-state index in [1.54, 1.807) is 12.4 Å². The summed E-state index contributed by atoms with van der Waals surface area (Å²) in [6.45, 7) is 3.77. The lowest BCUT2D eigenvalue weighted by Crippen LogP contribution is -2.39. The van der Waals surface area contributed by atoms with Crippen molar-refractivity contribution in [3.05, 3.63) is 24.0 Å². The average Bonchev–Trinajstić information content (AvgIpc) is 3.18. The van der Waals surface area contributed by atoms with Crippen LogP contribution in [0.25, 0.3) is 0 Å². The first kappa shape index (κ1) is 14.4. The van der Waals surface area contributed by atoms with Crippen LogP contribution < -0.4 is 5.32 Å². The van der Waals surface area contributed by atoms with Crippen molar-refractivity contribution in [2.45, 2.75) is 51.5 Å². The molecular weight excluding hydrogens is 262 g/mol. The Bertz CT molecular complexity index is 497. The fraction of sp³-hybridized carbons (Fsp3) is 0.647. The number of carbonyl (C=O) groups is 1. The minimum absolute atomic E-state index is 0.161. The molecule has 1 aromatic heterocycles. The predicted molar refractivity (Wildman–Crippen MR) is 84.4 cm³/mol. The van der Waals surface area contributed by atoms with Crippen LogP contribution >= 0.6 is 0 Å². The number of hydrogen-bond donors (Lipinski definition) is 1. The van der Waals surface area contributed by atoms with Crippen LogP contribution in [0.2, 0.25) is 0 Å². The average molecular weight is 287 g/mol. The summed E-state index contributed by atoms with van der Waals surface area (Å²) in [5, 5.41) is 3.28. The zero-order valence-corrected chi connectivity index (χ0v) is 12.8. The van der Waals surface area contributed by atoms with E-state index >= 15 is 0 Å². The fourth-order valence-electron chi connectivity index (χ4n) is 3.94. The number of aromatic nitrogens is 1. The van der Waals surface area contributed by atoms with Gasteiger partial charge in [0, 0.05) is 31.5 Å². The highest BCUT2D eigenvalue weighted by molar-refractivity contribution is 5.99. The highest BCUT2D eigenvalue weighted by Gasteiger charge is 2.36. The van der Waals surface area contributed by atoms with Gasteiger partial charge in [0.05, 0.1) is 11.3 Å². The third-order valence-corrected chi connectivity index (χ3v) is 4.92. The van der Waals surface area contributed by atoms with E-state index in [0.29, 0.717) is 6.04 Å². The molecular formula is C17H25N3O. The maximum atomic E-state index is 13.0. The molecule has 1 saturated carbocycles. The van der Waals surface area contributed by atoms with Crippen LogP contribution in [-0.4, -0.2) is 34.9 Å². The summed E-state index contributed by atoms with van der Waals surface area (Å²) in [6, 6.07) is 2.35. The van der Waals surface area contributed by atoms with Crippen molar-refractivity contribution >= 4 is 11.6 Å². The molecule has 0 aromatic carbocycles. The third-order valence-electron chi connectivity index (χ3n) is 4.92. The van der Waals surface area contributed by atoms with E-state index in [4.69, 9.17) is 0 Å². The van der Waals surface area contributed by atoms with E-state index in [0.717, 1.165) is 36.7 Å². The summed E-state index contributed by atoms with van der Waals surface area (Å²) >= 11 is 0. The van der Waals surface area contributed by atoms with Crippen LogP contribution in [0, 0.1) is 5.92 Å². The molecule has 1 aliphatic heterocycles. The van der Waals surface area contributed by atoms with Gasteiger partial charge in [0.1, 0.15) is 0 Å². The van der Waals surface area contributed by atoms with Crippen LogP contribution in [0.1, 0.15) is 55.8 Å². The standard InChI is InChI=1S/C17H25N3O/c1-2-19-15-9-10-18-12-14(15)17(21)20-11-5-8-16(20)13-6-3-4-7-13/h9-10,12-13,16H,2-8,11H2,1H3,(H,18,19). The van der Waals surface area contributed by atoms with Crippen LogP contribution in [0.15, 0.2) is 18.5 Å². The van der Waals surface area contributed by atoms with Crippen molar-refractivity contribution < 1.29 is 4.79 Å². The lowest BCUT2D eigenvalue weighted by atomic mass is 9.95. The Morgan fingerprint density at radius 3 is 2.90 bits per heavy atom. The minimum Gasteiger partial charge on any atom is -0.385 e. The zero-order chi connectivity index (χ0) is 14.7. The molecule has 1 saturated heterocycles. The van der Waals surface area contributed by atoms with Gasteiger partial charge in [-0.25, -0.2) is 0 Å². The molecule has 1 aromatic rings. The van der Waals surface area contributed by atoms with E-state index in [1.807, 2.05) is 13.0 Å². The molecule has 1 aliphatic carbocycles. The largest absolute Gasteiger partial charge is 0.385 e. The van der Waals surface area contributed by atoms with Crippen molar-refractivity contribution in [2.75, 3.05) is 18.4 Å². The summed E-state index contributed by atoms with van der Waals surface area (Å²) in [5.74, 6) is 0.879. The lowest BCUT2D eigenvalue weighted by Gasteiger charge is -2.30. The molecule has 0 radical (unpaired) electrons. The Hall–Kier alpha value is -1.58. The molecule has 2 heterocycles. The second-order valence-electron chi connectivity index (χ2n) is 6.20. The van der Waals surface area contributed by atoms with E-state index in [1.165, 1.54) is 32.1 Å². The van der Waals surface area contributed by atoms with Crippen LogP contribution in [0.4, 0.5) is 5.69 Å². The van der Waals surface area contributed by atoms with Gasteiger partial charge in [0.2, 0.25) is 0 Å². The van der Waals surface area contributed by atoms with Gasteiger partial charge in [0.25, 0.3) is 5.91 Å². The maximum Gasteiger partial charge on any atom is 0.257 e. The Balaban J connectivity index is 1.80. The van der Waals surface area contributed by atoms with Gasteiger partial charge >= 0.3 is 0 Å². The van der Waals surface area contributed by atoms with Gasteiger partial charge in [-0.15, -0.1) is 0 Å². The molecule has 4 heteroatoms. The molecule has 4 nitrogen and oxygen atoms in total. The number of anilines is 1. The molecule has 0 spiro atoms. The zero-order valence-electron chi connectivity index (χ0n) is 12.8. The molecule has 1 atom stereocenters. The van der Waals surface area contributed by atoms with Gasteiger partial charge in [-0.05, 0) is 44.6 Å². The van der Waals surface area contributed by atoms with Crippen LogP contribution in [-0.2, 0) is 0 Å². The highest BCUT2D eigenvalue weighted by atomic mass is 16.2. The monoisotopic (exact) mass is 287 g/mol. The molecule has 114 valence electrons. The van der Waals surface area contributed by atoms with E-state index in [2.05, 4.69) is 15.2 Å². The Morgan fingerprint density at radius 1 is 1.33 bits per heavy atom. The van der Waals surface area contributed by atoms with Gasteiger partial charge in [0.15, 0.2) is 0 Å². The van der Waals surface area contributed by atoms with E-state index in [-0.39, 0.29) is 5.91 Å². The number of likely N-dealkylation sites (tertiary alicyclic amines) is 1. The number of hydrogen-bond acceptors (Lipinski definition) is 3. The fourth-order valence-corrected chi connectivity index (χ4v) is 3.94. The number of pyridine rings is 1. The van der Waals surface area contributed by atoms with Crippen molar-refractivity contribution in [3.8, 4) is 0 Å². The van der Waals surface area contributed by atoms with Crippen molar-refractivity contribution in [1.29, 1.82) is 0 Å². The van der Waals surface area contributed by atoms with Gasteiger partial charge in [-0.2, -0.15) is 0 Å². The number of nitrogens with zero attached hydrogens (tertiary/aromatic N) is 2. The molecule has 2 fully saturated rings. The Kier molecular flexibility index (Phi) is 4.42. The topological polar surface area (TPSA) is 45.2 Å². The summed E-state index contributed by atoms with van der Waals surface area (Å²) in [4.78, 5) is 19.2. The molecule has 3 rings (SSSR count). The Labute approximate surface area is 126 Å². The van der Waals surface area contributed by atoms with Crippen LogP contribution in [0.3, 0.4) is 0 Å². The first-order chi connectivity index (χ1) is 10.3. The maximum absolute atomic E-state index is 13.0. The number of rotatable bonds is 4. The molecule has 0 bridgehead atoms. The summed E-state index contributed by atoms with van der Waals surface area (Å²) < 4.78 is 0. The quantitative estimate of drug-likeness (QED) is 0.924.